The Balaban J connectivity index is 1.73. The van der Waals surface area contributed by atoms with Gasteiger partial charge in [-0.25, -0.2) is 4.79 Å². The van der Waals surface area contributed by atoms with E-state index in [4.69, 9.17) is 5.73 Å². The van der Waals surface area contributed by atoms with Gasteiger partial charge < -0.3 is 16.4 Å². The molecule has 0 aliphatic carbocycles. The van der Waals surface area contributed by atoms with Gasteiger partial charge in [0.2, 0.25) is 0 Å². The molecule has 0 aromatic heterocycles. The maximum atomic E-state index is 11.9. The molecule has 1 aliphatic rings. The lowest BCUT2D eigenvalue weighted by molar-refractivity contribution is 0.171. The van der Waals surface area contributed by atoms with Gasteiger partial charge in [-0.15, -0.1) is 0 Å². The van der Waals surface area contributed by atoms with Gasteiger partial charge >= 0.3 is 6.03 Å². The first-order valence-corrected chi connectivity index (χ1v) is 7.77. The van der Waals surface area contributed by atoms with E-state index in [-0.39, 0.29) is 6.03 Å². The topological polar surface area (TPSA) is 70.4 Å². The Kier molecular flexibility index (Phi) is 6.02. The lowest BCUT2D eigenvalue weighted by atomic mass is 10.1. The van der Waals surface area contributed by atoms with Gasteiger partial charge in [0.05, 0.1) is 0 Å². The highest BCUT2D eigenvalue weighted by Crippen LogP contribution is 2.12. The van der Waals surface area contributed by atoms with Gasteiger partial charge in [-0.2, -0.15) is 0 Å². The molecule has 1 atom stereocenters. The lowest BCUT2D eigenvalue weighted by Gasteiger charge is -2.32. The van der Waals surface area contributed by atoms with Gasteiger partial charge in [-0.1, -0.05) is 18.6 Å². The zero-order chi connectivity index (χ0) is 15.1. The standard InChI is InChI=1S/C16H26N4O/c1-13(20-9-3-2-4-10-20)12-18-16(21)19-15-7-5-14(11-17)6-8-15/h5-8,13H,2-4,9-12,17H2,1H3,(H2,18,19,21). The molecule has 1 aliphatic heterocycles. The average molecular weight is 290 g/mol. The molecule has 1 saturated heterocycles. The lowest BCUT2D eigenvalue weighted by Crippen LogP contribution is -2.45. The van der Waals surface area contributed by atoms with Crippen LogP contribution in [0.3, 0.4) is 0 Å². The third-order valence-electron chi connectivity index (χ3n) is 4.02. The van der Waals surface area contributed by atoms with Crippen LogP contribution in [0.15, 0.2) is 24.3 Å². The number of carbonyl (C=O) groups excluding carboxylic acids is 1. The summed E-state index contributed by atoms with van der Waals surface area (Å²) in [6.07, 6.45) is 3.87. The Morgan fingerprint density at radius 3 is 2.52 bits per heavy atom. The molecule has 5 nitrogen and oxygen atoms in total. The number of urea groups is 1. The summed E-state index contributed by atoms with van der Waals surface area (Å²) in [6, 6.07) is 7.82. The quantitative estimate of drug-likeness (QED) is 0.778. The molecule has 0 saturated carbocycles. The van der Waals surface area contributed by atoms with Crippen LogP contribution in [0.2, 0.25) is 0 Å². The molecule has 4 N–H and O–H groups in total. The molecule has 2 amide bonds. The minimum atomic E-state index is -0.153. The normalized spacial score (nSPS) is 17.2. The first-order valence-electron chi connectivity index (χ1n) is 7.77. The Morgan fingerprint density at radius 2 is 1.90 bits per heavy atom. The van der Waals surface area contributed by atoms with Crippen LogP contribution in [0.25, 0.3) is 0 Å². The number of carbonyl (C=O) groups is 1. The average Bonchev–Trinajstić information content (AvgIpc) is 2.54. The van der Waals surface area contributed by atoms with Gasteiger partial charge in [0.1, 0.15) is 0 Å². The zero-order valence-corrected chi connectivity index (χ0v) is 12.8. The molecule has 1 heterocycles. The van der Waals surface area contributed by atoms with E-state index >= 15 is 0 Å². The number of hydrogen-bond acceptors (Lipinski definition) is 3. The number of benzene rings is 1. The number of amides is 2. The van der Waals surface area contributed by atoms with Crippen molar-refractivity contribution in [1.29, 1.82) is 0 Å². The second-order valence-corrected chi connectivity index (χ2v) is 5.68. The van der Waals surface area contributed by atoms with Crippen molar-refractivity contribution in [2.75, 3.05) is 25.0 Å². The van der Waals surface area contributed by atoms with E-state index in [1.807, 2.05) is 24.3 Å². The molecule has 1 fully saturated rings. The maximum absolute atomic E-state index is 11.9. The van der Waals surface area contributed by atoms with E-state index in [9.17, 15) is 4.79 Å². The van der Waals surface area contributed by atoms with Crippen molar-refractivity contribution in [3.05, 3.63) is 29.8 Å². The first kappa shape index (κ1) is 15.8. The van der Waals surface area contributed by atoms with E-state index in [2.05, 4.69) is 22.5 Å². The van der Waals surface area contributed by atoms with Gasteiger partial charge in [-0.3, -0.25) is 4.90 Å². The largest absolute Gasteiger partial charge is 0.336 e. The summed E-state index contributed by atoms with van der Waals surface area (Å²) in [5, 5.41) is 5.78. The Hall–Kier alpha value is -1.59. The van der Waals surface area contributed by atoms with E-state index in [1.54, 1.807) is 0 Å². The minimum absolute atomic E-state index is 0.153. The minimum Gasteiger partial charge on any atom is -0.336 e. The summed E-state index contributed by atoms with van der Waals surface area (Å²) >= 11 is 0. The first-order chi connectivity index (χ1) is 10.2. The Labute approximate surface area is 126 Å². The van der Waals surface area contributed by atoms with Crippen molar-refractivity contribution in [3.63, 3.8) is 0 Å². The number of hydrogen-bond donors (Lipinski definition) is 3. The van der Waals surface area contributed by atoms with Crippen molar-refractivity contribution in [3.8, 4) is 0 Å². The molecule has 0 spiro atoms. The third-order valence-corrected chi connectivity index (χ3v) is 4.02. The summed E-state index contributed by atoms with van der Waals surface area (Å²) in [4.78, 5) is 14.3. The second kappa shape index (κ2) is 8.00. The monoisotopic (exact) mass is 290 g/mol. The van der Waals surface area contributed by atoms with Crippen molar-refractivity contribution >= 4 is 11.7 Å². The summed E-state index contributed by atoms with van der Waals surface area (Å²) in [5.41, 5.74) is 7.39. The predicted octanol–water partition coefficient (Wildman–Crippen LogP) is 2.14. The van der Waals surface area contributed by atoms with Gasteiger partial charge in [-0.05, 0) is 50.6 Å². The molecule has 5 heteroatoms. The Bertz CT molecular complexity index is 440. The highest BCUT2D eigenvalue weighted by molar-refractivity contribution is 5.89. The van der Waals surface area contributed by atoms with Gasteiger partial charge in [0.15, 0.2) is 0 Å². The Morgan fingerprint density at radius 1 is 1.24 bits per heavy atom. The smallest absolute Gasteiger partial charge is 0.319 e. The van der Waals surface area contributed by atoms with Crippen molar-refractivity contribution in [2.24, 2.45) is 5.73 Å². The number of anilines is 1. The molecule has 21 heavy (non-hydrogen) atoms. The number of rotatable bonds is 5. The van der Waals surface area contributed by atoms with Crippen LogP contribution < -0.4 is 16.4 Å². The summed E-state index contributed by atoms with van der Waals surface area (Å²) in [7, 11) is 0. The highest BCUT2D eigenvalue weighted by atomic mass is 16.2. The fourth-order valence-corrected chi connectivity index (χ4v) is 2.63. The van der Waals surface area contributed by atoms with E-state index in [0.717, 1.165) is 24.3 Å². The molecule has 1 aromatic carbocycles. The number of piperidine rings is 1. The van der Waals surface area contributed by atoms with Crippen molar-refractivity contribution in [2.45, 2.75) is 38.8 Å². The summed E-state index contributed by atoms with van der Waals surface area (Å²) in [6.45, 7) is 5.64. The maximum Gasteiger partial charge on any atom is 0.319 e. The van der Waals surface area contributed by atoms with Crippen LogP contribution in [0.4, 0.5) is 10.5 Å². The van der Waals surface area contributed by atoms with Crippen LogP contribution in [0.5, 0.6) is 0 Å². The fourth-order valence-electron chi connectivity index (χ4n) is 2.63. The van der Waals surface area contributed by atoms with Crippen molar-refractivity contribution < 1.29 is 4.79 Å². The van der Waals surface area contributed by atoms with E-state index in [0.29, 0.717) is 19.1 Å². The van der Waals surface area contributed by atoms with Crippen LogP contribution in [-0.2, 0) is 6.54 Å². The molecular formula is C16H26N4O. The number of likely N-dealkylation sites (tertiary alicyclic amines) is 1. The number of nitrogens with one attached hydrogen (secondary N) is 2. The van der Waals surface area contributed by atoms with Gasteiger partial charge in [0, 0.05) is 24.8 Å². The number of nitrogens with two attached hydrogens (primary N) is 1. The molecule has 1 unspecified atom stereocenters. The van der Waals surface area contributed by atoms with E-state index < -0.39 is 0 Å². The molecular weight excluding hydrogens is 264 g/mol. The SMILES string of the molecule is CC(CNC(=O)Nc1ccc(CN)cc1)N1CCCCC1. The third kappa shape index (κ3) is 5.02. The molecule has 116 valence electrons. The molecule has 0 radical (unpaired) electrons. The van der Waals surface area contributed by atoms with E-state index in [1.165, 1.54) is 19.3 Å². The predicted molar refractivity (Wildman–Crippen MR) is 86.2 cm³/mol. The van der Waals surface area contributed by atoms with Crippen LogP contribution >= 0.6 is 0 Å². The zero-order valence-electron chi connectivity index (χ0n) is 12.8. The van der Waals surface area contributed by atoms with Gasteiger partial charge in [0.25, 0.3) is 0 Å². The molecule has 1 aromatic rings. The fraction of sp³-hybridized carbons (Fsp3) is 0.562. The highest BCUT2D eigenvalue weighted by Gasteiger charge is 2.16. The molecule has 0 bridgehead atoms. The second-order valence-electron chi connectivity index (χ2n) is 5.68. The number of nitrogens with zero attached hydrogens (tertiary/aromatic N) is 1. The van der Waals surface area contributed by atoms with Crippen LogP contribution in [0.1, 0.15) is 31.7 Å². The molecule has 2 rings (SSSR count). The van der Waals surface area contributed by atoms with Crippen LogP contribution in [0, 0.1) is 0 Å². The summed E-state index contributed by atoms with van der Waals surface area (Å²) in [5.74, 6) is 0. The summed E-state index contributed by atoms with van der Waals surface area (Å²) < 4.78 is 0. The van der Waals surface area contributed by atoms with Crippen LogP contribution in [-0.4, -0.2) is 36.6 Å². The van der Waals surface area contributed by atoms with Crippen molar-refractivity contribution in [1.82, 2.24) is 10.2 Å².